The lowest BCUT2D eigenvalue weighted by molar-refractivity contribution is -0.117. The lowest BCUT2D eigenvalue weighted by Crippen LogP contribution is -2.18. The van der Waals surface area contributed by atoms with Crippen LogP contribution in [0.2, 0.25) is 0 Å². The highest BCUT2D eigenvalue weighted by molar-refractivity contribution is 7.15. The number of rotatable bonds is 4. The molecule has 0 bridgehead atoms. The van der Waals surface area contributed by atoms with Crippen molar-refractivity contribution in [2.24, 2.45) is 5.92 Å². The minimum absolute atomic E-state index is 0.130. The molecule has 1 aliphatic carbocycles. The van der Waals surface area contributed by atoms with Crippen molar-refractivity contribution in [3.63, 3.8) is 0 Å². The zero-order valence-electron chi connectivity index (χ0n) is 14.5. The number of fused-ring (bicyclic) bond motifs is 1. The van der Waals surface area contributed by atoms with Gasteiger partial charge in [0, 0.05) is 34.9 Å². The molecule has 4 nitrogen and oxygen atoms in total. The first kappa shape index (κ1) is 16.3. The first-order chi connectivity index (χ1) is 12.2. The van der Waals surface area contributed by atoms with E-state index in [1.165, 1.54) is 37.8 Å². The molecule has 0 radical (unpaired) electrons. The normalized spacial score (nSPS) is 15.6. The molecule has 0 aliphatic heterocycles. The number of hydrogen-bond acceptors (Lipinski definition) is 3. The predicted octanol–water partition coefficient (Wildman–Crippen LogP) is 5.28. The number of carbonyl (C=O) groups is 1. The number of aromatic nitrogens is 2. The number of aryl methyl sites for hydroxylation is 1. The summed E-state index contributed by atoms with van der Waals surface area (Å²) in [5.41, 5.74) is 4.02. The number of thiazole rings is 1. The van der Waals surface area contributed by atoms with Gasteiger partial charge in [0.15, 0.2) is 4.96 Å². The first-order valence-electron chi connectivity index (χ1n) is 9.02. The van der Waals surface area contributed by atoms with E-state index in [1.54, 1.807) is 11.3 Å². The summed E-state index contributed by atoms with van der Waals surface area (Å²) in [5, 5.41) is 5.17. The van der Waals surface area contributed by atoms with E-state index < -0.39 is 0 Å². The summed E-state index contributed by atoms with van der Waals surface area (Å²) < 4.78 is 2.11. The average molecular weight is 353 g/mol. The van der Waals surface area contributed by atoms with Gasteiger partial charge in [-0.3, -0.25) is 9.20 Å². The second kappa shape index (κ2) is 7.00. The Bertz CT molecular complexity index is 889. The number of anilines is 1. The molecule has 5 heteroatoms. The summed E-state index contributed by atoms with van der Waals surface area (Å²) in [6, 6.07) is 7.98. The van der Waals surface area contributed by atoms with Crippen molar-refractivity contribution in [2.45, 2.75) is 45.4 Å². The van der Waals surface area contributed by atoms with E-state index >= 15 is 0 Å². The van der Waals surface area contributed by atoms with Gasteiger partial charge in [0.05, 0.1) is 5.69 Å². The highest BCUT2D eigenvalue weighted by atomic mass is 32.1. The molecule has 1 amide bonds. The summed E-state index contributed by atoms with van der Waals surface area (Å²) in [5.74, 6) is 0.686. The van der Waals surface area contributed by atoms with Gasteiger partial charge in [-0.25, -0.2) is 4.98 Å². The minimum atomic E-state index is 0.130. The van der Waals surface area contributed by atoms with Crippen LogP contribution >= 0.6 is 11.3 Å². The highest BCUT2D eigenvalue weighted by Gasteiger charge is 2.17. The smallest absolute Gasteiger partial charge is 0.224 e. The summed E-state index contributed by atoms with van der Waals surface area (Å²) in [4.78, 5) is 18.0. The third-order valence-corrected chi connectivity index (χ3v) is 5.99. The second-order valence-electron chi connectivity index (χ2n) is 6.99. The van der Waals surface area contributed by atoms with Gasteiger partial charge in [-0.05, 0) is 37.8 Å². The number of benzene rings is 1. The van der Waals surface area contributed by atoms with Crippen LogP contribution < -0.4 is 5.32 Å². The molecule has 1 aromatic carbocycles. The number of nitrogens with zero attached hydrogens (tertiary/aromatic N) is 2. The maximum atomic E-state index is 12.3. The van der Waals surface area contributed by atoms with Crippen molar-refractivity contribution in [3.8, 4) is 11.3 Å². The van der Waals surface area contributed by atoms with E-state index in [1.807, 2.05) is 24.3 Å². The van der Waals surface area contributed by atoms with E-state index in [0.29, 0.717) is 12.3 Å². The molecule has 0 saturated heterocycles. The summed E-state index contributed by atoms with van der Waals surface area (Å²) >= 11 is 1.65. The van der Waals surface area contributed by atoms with E-state index in [2.05, 4.69) is 33.2 Å². The summed E-state index contributed by atoms with van der Waals surface area (Å²) in [6.45, 7) is 2.08. The van der Waals surface area contributed by atoms with Gasteiger partial charge < -0.3 is 5.32 Å². The fraction of sp³-hybridized carbons (Fsp3) is 0.400. The van der Waals surface area contributed by atoms with Crippen molar-refractivity contribution < 1.29 is 4.79 Å². The van der Waals surface area contributed by atoms with Crippen LogP contribution in [0.4, 0.5) is 5.69 Å². The molecule has 25 heavy (non-hydrogen) atoms. The number of hydrogen-bond donors (Lipinski definition) is 1. The molecule has 1 saturated carbocycles. The molecule has 1 N–H and O–H groups in total. The van der Waals surface area contributed by atoms with E-state index in [-0.39, 0.29) is 5.91 Å². The van der Waals surface area contributed by atoms with Crippen molar-refractivity contribution in [3.05, 3.63) is 41.5 Å². The number of nitrogens with one attached hydrogen (secondary N) is 1. The van der Waals surface area contributed by atoms with Gasteiger partial charge >= 0.3 is 0 Å². The van der Waals surface area contributed by atoms with Gasteiger partial charge in [-0.1, -0.05) is 31.4 Å². The molecule has 0 unspecified atom stereocenters. The summed E-state index contributed by atoms with van der Waals surface area (Å²) in [6.07, 6.45) is 8.94. The molecule has 0 atom stereocenters. The number of carbonyl (C=O) groups excluding carboxylic acids is 1. The maximum absolute atomic E-state index is 12.3. The van der Waals surface area contributed by atoms with Gasteiger partial charge in [0.1, 0.15) is 0 Å². The Labute approximate surface area is 151 Å². The van der Waals surface area contributed by atoms with Crippen molar-refractivity contribution in [2.75, 3.05) is 5.32 Å². The first-order valence-corrected chi connectivity index (χ1v) is 9.90. The molecule has 1 fully saturated rings. The number of amides is 1. The zero-order valence-corrected chi connectivity index (χ0v) is 15.3. The van der Waals surface area contributed by atoms with Crippen LogP contribution in [0.1, 0.15) is 44.2 Å². The Morgan fingerprint density at radius 2 is 2.16 bits per heavy atom. The van der Waals surface area contributed by atoms with Gasteiger partial charge in [0.2, 0.25) is 5.91 Å². The maximum Gasteiger partial charge on any atom is 0.224 e. The largest absolute Gasteiger partial charge is 0.326 e. The Kier molecular flexibility index (Phi) is 4.57. The van der Waals surface area contributed by atoms with E-state index in [4.69, 9.17) is 0 Å². The molecule has 4 rings (SSSR count). The quantitative estimate of drug-likeness (QED) is 0.693. The summed E-state index contributed by atoms with van der Waals surface area (Å²) in [7, 11) is 0. The van der Waals surface area contributed by atoms with Crippen LogP contribution in [-0.4, -0.2) is 15.3 Å². The van der Waals surface area contributed by atoms with Crippen LogP contribution in [0, 0.1) is 12.8 Å². The average Bonchev–Trinajstić information content (AvgIpc) is 3.18. The Balaban J connectivity index is 1.47. The fourth-order valence-corrected chi connectivity index (χ4v) is 4.51. The molecular weight excluding hydrogens is 330 g/mol. The van der Waals surface area contributed by atoms with Gasteiger partial charge in [0.25, 0.3) is 0 Å². The minimum Gasteiger partial charge on any atom is -0.326 e. The SMILES string of the molecule is Cc1csc2nc(-c3cccc(NC(=O)CC4CCCCC4)c3)cn12. The lowest BCUT2D eigenvalue weighted by atomic mass is 9.87. The lowest BCUT2D eigenvalue weighted by Gasteiger charge is -2.20. The molecule has 2 heterocycles. The highest BCUT2D eigenvalue weighted by Crippen LogP contribution is 2.28. The fourth-order valence-electron chi connectivity index (χ4n) is 3.65. The van der Waals surface area contributed by atoms with Crippen molar-refractivity contribution in [1.82, 2.24) is 9.38 Å². The monoisotopic (exact) mass is 353 g/mol. The van der Waals surface area contributed by atoms with Gasteiger partial charge in [-0.2, -0.15) is 0 Å². The van der Waals surface area contributed by atoms with Crippen LogP contribution in [0.3, 0.4) is 0 Å². The topological polar surface area (TPSA) is 46.4 Å². The molecule has 1 aliphatic rings. The van der Waals surface area contributed by atoms with E-state index in [9.17, 15) is 4.79 Å². The molecule has 3 aromatic rings. The molecular formula is C20H23N3OS. The standard InChI is InChI=1S/C20H23N3OS/c1-14-13-25-20-22-18(12-23(14)20)16-8-5-9-17(11-16)21-19(24)10-15-6-3-2-4-7-15/h5,8-9,11-13,15H,2-4,6-7,10H2,1H3,(H,21,24). The molecule has 2 aromatic heterocycles. The van der Waals surface area contributed by atoms with Crippen LogP contribution in [0.15, 0.2) is 35.8 Å². The molecule has 130 valence electrons. The third kappa shape index (κ3) is 3.61. The van der Waals surface area contributed by atoms with Crippen molar-refractivity contribution in [1.29, 1.82) is 0 Å². The zero-order chi connectivity index (χ0) is 17.2. The molecule has 0 spiro atoms. The van der Waals surface area contributed by atoms with Crippen molar-refractivity contribution >= 4 is 27.9 Å². The third-order valence-electron chi connectivity index (χ3n) is 5.03. The predicted molar refractivity (Wildman–Crippen MR) is 103 cm³/mol. The van der Waals surface area contributed by atoms with Crippen LogP contribution in [0.5, 0.6) is 0 Å². The Hall–Kier alpha value is -2.14. The van der Waals surface area contributed by atoms with E-state index in [0.717, 1.165) is 21.9 Å². The van der Waals surface area contributed by atoms with Crippen LogP contribution in [0.25, 0.3) is 16.2 Å². The second-order valence-corrected chi connectivity index (χ2v) is 7.83. The van der Waals surface area contributed by atoms with Crippen LogP contribution in [-0.2, 0) is 4.79 Å². The number of imidazole rings is 1. The van der Waals surface area contributed by atoms with Gasteiger partial charge in [-0.15, -0.1) is 11.3 Å². The Morgan fingerprint density at radius 1 is 1.32 bits per heavy atom. The Morgan fingerprint density at radius 3 is 2.96 bits per heavy atom.